The zero-order chi connectivity index (χ0) is 25.1. The molecule has 3 aromatic rings. The molecule has 188 valence electrons. The normalized spacial score (nSPS) is 17.9. The molecular formula is C27H31N5O4. The van der Waals surface area contributed by atoms with Crippen molar-refractivity contribution in [1.82, 2.24) is 14.8 Å². The number of piperidine rings is 1. The Balaban J connectivity index is 1.18. The number of ether oxygens (including phenoxy) is 1. The first kappa shape index (κ1) is 23.8. The molecule has 0 radical (unpaired) electrons. The van der Waals surface area contributed by atoms with Crippen molar-refractivity contribution < 1.29 is 19.4 Å². The van der Waals surface area contributed by atoms with Crippen LogP contribution in [-0.4, -0.2) is 45.0 Å². The number of benzene rings is 1. The lowest BCUT2D eigenvalue weighted by Crippen LogP contribution is -2.37. The number of nitrogens with zero attached hydrogens (tertiary/aromatic N) is 4. The maximum Gasteiger partial charge on any atom is 0.413 e. The van der Waals surface area contributed by atoms with Gasteiger partial charge in [0.15, 0.2) is 0 Å². The summed E-state index contributed by atoms with van der Waals surface area (Å²) in [6, 6.07) is 15.2. The molecule has 0 spiro atoms. The summed E-state index contributed by atoms with van der Waals surface area (Å²) in [7, 11) is 0. The Bertz CT molecular complexity index is 1200. The Hall–Kier alpha value is -3.88. The number of aromatic nitrogens is 3. The van der Waals surface area contributed by atoms with Crippen LogP contribution in [0.1, 0.15) is 50.7 Å². The summed E-state index contributed by atoms with van der Waals surface area (Å²) >= 11 is 0. The number of carboxylic acid groups (broad SMARTS) is 1. The maximum atomic E-state index is 12.5. The van der Waals surface area contributed by atoms with E-state index >= 15 is 0 Å². The minimum absolute atomic E-state index is 0.0265. The molecule has 1 amide bonds. The van der Waals surface area contributed by atoms with E-state index < -0.39 is 12.1 Å². The highest BCUT2D eigenvalue weighted by Crippen LogP contribution is 2.57. The van der Waals surface area contributed by atoms with Gasteiger partial charge in [-0.25, -0.2) is 14.5 Å². The third-order valence-electron chi connectivity index (χ3n) is 7.48. The van der Waals surface area contributed by atoms with Gasteiger partial charge in [0.25, 0.3) is 0 Å². The number of carbonyl (C=O) groups is 2. The fourth-order valence-corrected chi connectivity index (χ4v) is 5.29. The van der Waals surface area contributed by atoms with Crippen LogP contribution >= 0.6 is 0 Å². The molecule has 1 atom stereocenters. The number of carboxylic acids is 1. The van der Waals surface area contributed by atoms with E-state index in [4.69, 9.17) is 4.74 Å². The number of hydrogen-bond acceptors (Lipinski definition) is 6. The van der Waals surface area contributed by atoms with Crippen LogP contribution in [0.15, 0.2) is 60.9 Å². The van der Waals surface area contributed by atoms with E-state index in [2.05, 4.69) is 20.3 Å². The molecule has 5 rings (SSSR count). The molecule has 1 saturated heterocycles. The van der Waals surface area contributed by atoms with Gasteiger partial charge in [-0.05, 0) is 61.6 Å². The van der Waals surface area contributed by atoms with E-state index in [0.29, 0.717) is 18.2 Å². The summed E-state index contributed by atoms with van der Waals surface area (Å²) in [6.45, 7) is 3.57. The van der Waals surface area contributed by atoms with Crippen LogP contribution in [-0.2, 0) is 9.53 Å². The highest BCUT2D eigenvalue weighted by molar-refractivity contribution is 5.84. The van der Waals surface area contributed by atoms with E-state index in [1.165, 1.54) is 0 Å². The maximum absolute atomic E-state index is 12.5. The molecule has 36 heavy (non-hydrogen) atoms. The van der Waals surface area contributed by atoms with E-state index in [-0.39, 0.29) is 11.5 Å². The van der Waals surface area contributed by atoms with Gasteiger partial charge in [-0.3, -0.25) is 10.1 Å². The zero-order valence-corrected chi connectivity index (χ0v) is 20.3. The summed E-state index contributed by atoms with van der Waals surface area (Å²) < 4.78 is 7.12. The summed E-state index contributed by atoms with van der Waals surface area (Å²) in [5.41, 5.74) is 1.67. The van der Waals surface area contributed by atoms with Crippen molar-refractivity contribution in [3.63, 3.8) is 0 Å². The van der Waals surface area contributed by atoms with E-state index in [0.717, 1.165) is 55.8 Å². The molecule has 1 aromatic carbocycles. The number of rotatable bonds is 8. The highest BCUT2D eigenvalue weighted by atomic mass is 16.6. The molecule has 1 saturated carbocycles. The predicted octanol–water partition coefficient (Wildman–Crippen LogP) is 5.05. The van der Waals surface area contributed by atoms with Crippen LogP contribution in [0.2, 0.25) is 0 Å². The Morgan fingerprint density at radius 1 is 1.14 bits per heavy atom. The van der Waals surface area contributed by atoms with Crippen LogP contribution < -0.4 is 10.2 Å². The van der Waals surface area contributed by atoms with Gasteiger partial charge in [0, 0.05) is 19.2 Å². The fraction of sp³-hybridized carbons (Fsp3) is 0.407. The Morgan fingerprint density at radius 2 is 1.89 bits per heavy atom. The second kappa shape index (κ2) is 10.0. The van der Waals surface area contributed by atoms with Gasteiger partial charge in [-0.1, -0.05) is 30.3 Å². The van der Waals surface area contributed by atoms with Crippen molar-refractivity contribution in [1.29, 1.82) is 0 Å². The monoisotopic (exact) mass is 489 g/mol. The molecule has 9 nitrogen and oxygen atoms in total. The molecule has 3 heterocycles. The highest BCUT2D eigenvalue weighted by Gasteiger charge is 2.50. The van der Waals surface area contributed by atoms with E-state index in [1.807, 2.05) is 49.4 Å². The average Bonchev–Trinajstić information content (AvgIpc) is 3.52. The average molecular weight is 490 g/mol. The van der Waals surface area contributed by atoms with Crippen molar-refractivity contribution in [3.8, 4) is 5.69 Å². The predicted molar refractivity (Wildman–Crippen MR) is 135 cm³/mol. The molecule has 2 aliphatic rings. The first-order valence-corrected chi connectivity index (χ1v) is 12.4. The van der Waals surface area contributed by atoms with Gasteiger partial charge < -0.3 is 14.7 Å². The number of aliphatic carboxylic acids is 1. The van der Waals surface area contributed by atoms with Gasteiger partial charge in [0.1, 0.15) is 17.7 Å². The lowest BCUT2D eigenvalue weighted by atomic mass is 9.79. The summed E-state index contributed by atoms with van der Waals surface area (Å²) in [5, 5.41) is 16.3. The minimum Gasteiger partial charge on any atom is -0.481 e. The van der Waals surface area contributed by atoms with Crippen LogP contribution in [0.4, 0.5) is 16.4 Å². The molecular weight excluding hydrogens is 458 g/mol. The first-order chi connectivity index (χ1) is 17.4. The SMILES string of the molecule is CC(OC(=O)Nc1ccnn1-c1ccc(N2CCC(C3(CC(=O)O)CC3)CC2)nc1)c1ccccc1. The number of hydrogen-bond donors (Lipinski definition) is 2. The van der Waals surface area contributed by atoms with Crippen molar-refractivity contribution >= 4 is 23.7 Å². The third kappa shape index (κ3) is 5.19. The van der Waals surface area contributed by atoms with Gasteiger partial charge in [0.05, 0.1) is 24.5 Å². The lowest BCUT2D eigenvalue weighted by molar-refractivity contribution is -0.139. The third-order valence-corrected chi connectivity index (χ3v) is 7.48. The number of anilines is 2. The largest absolute Gasteiger partial charge is 0.481 e. The van der Waals surface area contributed by atoms with E-state index in [9.17, 15) is 14.7 Å². The molecule has 2 N–H and O–H groups in total. The topological polar surface area (TPSA) is 110 Å². The Morgan fingerprint density at radius 3 is 2.53 bits per heavy atom. The van der Waals surface area contributed by atoms with E-state index in [1.54, 1.807) is 23.1 Å². The number of amides is 1. The smallest absolute Gasteiger partial charge is 0.413 e. The number of nitrogens with one attached hydrogen (secondary N) is 1. The molecule has 1 aliphatic carbocycles. The standard InChI is InChI=1S/C27H31N5O4/c1-19(20-5-3-2-4-6-20)36-26(35)30-24-9-14-29-32(24)22-7-8-23(28-18-22)31-15-10-21(11-16-31)27(12-13-27)17-25(33)34/h2-9,14,18-19,21H,10-13,15-17H2,1H3,(H,30,35)(H,33,34). The molecule has 0 bridgehead atoms. The number of pyridine rings is 1. The summed E-state index contributed by atoms with van der Waals surface area (Å²) in [4.78, 5) is 30.6. The molecule has 2 aromatic heterocycles. The van der Waals surface area contributed by atoms with Gasteiger partial charge >= 0.3 is 12.1 Å². The Kier molecular flexibility index (Phi) is 6.63. The second-order valence-electron chi connectivity index (χ2n) is 9.78. The van der Waals surface area contributed by atoms with Gasteiger partial charge in [-0.2, -0.15) is 5.10 Å². The van der Waals surface area contributed by atoms with Crippen molar-refractivity contribution in [2.75, 3.05) is 23.3 Å². The minimum atomic E-state index is -0.682. The molecule has 1 unspecified atom stereocenters. The van der Waals surface area contributed by atoms with Crippen LogP contribution in [0.25, 0.3) is 5.69 Å². The zero-order valence-electron chi connectivity index (χ0n) is 20.3. The fourth-order valence-electron chi connectivity index (χ4n) is 5.29. The van der Waals surface area contributed by atoms with Crippen LogP contribution in [0, 0.1) is 11.3 Å². The summed E-state index contributed by atoms with van der Waals surface area (Å²) in [5.74, 6) is 1.17. The van der Waals surface area contributed by atoms with Crippen molar-refractivity contribution in [3.05, 3.63) is 66.5 Å². The van der Waals surface area contributed by atoms with Crippen molar-refractivity contribution in [2.24, 2.45) is 11.3 Å². The first-order valence-electron chi connectivity index (χ1n) is 12.4. The van der Waals surface area contributed by atoms with Crippen LogP contribution in [0.3, 0.4) is 0 Å². The molecule has 1 aliphatic heterocycles. The quantitative estimate of drug-likeness (QED) is 0.456. The second-order valence-corrected chi connectivity index (χ2v) is 9.78. The van der Waals surface area contributed by atoms with Gasteiger partial charge in [0.2, 0.25) is 0 Å². The van der Waals surface area contributed by atoms with Gasteiger partial charge in [-0.15, -0.1) is 0 Å². The number of carbonyl (C=O) groups excluding carboxylic acids is 1. The lowest BCUT2D eigenvalue weighted by Gasteiger charge is -2.36. The molecule has 2 fully saturated rings. The van der Waals surface area contributed by atoms with Crippen molar-refractivity contribution in [2.45, 2.75) is 45.1 Å². The Labute approximate surface area is 210 Å². The summed E-state index contributed by atoms with van der Waals surface area (Å²) in [6.07, 6.45) is 6.77. The van der Waals surface area contributed by atoms with Crippen LogP contribution in [0.5, 0.6) is 0 Å². The molecule has 9 heteroatoms.